The van der Waals surface area contributed by atoms with Gasteiger partial charge < -0.3 is 4.90 Å². The van der Waals surface area contributed by atoms with Crippen molar-refractivity contribution < 1.29 is 0 Å². The zero-order valence-corrected chi connectivity index (χ0v) is 30.1. The molecule has 0 radical (unpaired) electrons. The van der Waals surface area contributed by atoms with E-state index in [-0.39, 0.29) is 5.41 Å². The zero-order valence-electron chi connectivity index (χ0n) is 30.1. The van der Waals surface area contributed by atoms with Crippen molar-refractivity contribution in [2.45, 2.75) is 24.7 Å². The first-order valence-electron chi connectivity index (χ1n) is 18.6. The molecule has 0 saturated heterocycles. The van der Waals surface area contributed by atoms with Crippen LogP contribution in [0.5, 0.6) is 0 Å². The molecule has 10 rings (SSSR count). The molecule has 0 fully saturated rings. The van der Waals surface area contributed by atoms with Crippen molar-refractivity contribution in [2.24, 2.45) is 0 Å². The second-order valence-electron chi connectivity index (χ2n) is 14.9. The number of anilines is 2. The standard InChI is InChI=1S/C52H39N/c1-4-5-19-44-42-23-12-16-27-48(42)52(46-25-14-10-21-40(46)41-22-11-15-26-47(41)52)50(44)53(37-30-28-36(29-31-37)35-17-7-6-8-18-35)38-32-33-43-39-20-9-13-24-45(39)51(2,3)49(43)34-38/h4-34H,1H2,2-3H3/b19-5-. The van der Waals surface area contributed by atoms with Gasteiger partial charge >= 0.3 is 0 Å². The third-order valence-electron chi connectivity index (χ3n) is 11.9. The first kappa shape index (κ1) is 31.3. The molecule has 0 aliphatic heterocycles. The highest BCUT2D eigenvalue weighted by Gasteiger charge is 2.55. The Morgan fingerprint density at radius 1 is 0.453 bits per heavy atom. The van der Waals surface area contributed by atoms with Gasteiger partial charge in [-0.25, -0.2) is 0 Å². The minimum Gasteiger partial charge on any atom is -0.312 e. The molecule has 0 bridgehead atoms. The average molecular weight is 678 g/mol. The Kier molecular flexibility index (Phi) is 6.97. The molecule has 0 amide bonds. The van der Waals surface area contributed by atoms with E-state index in [9.17, 15) is 0 Å². The summed E-state index contributed by atoms with van der Waals surface area (Å²) in [5.41, 5.74) is 19.5. The van der Waals surface area contributed by atoms with Crippen molar-refractivity contribution in [3.8, 4) is 33.4 Å². The van der Waals surface area contributed by atoms with E-state index in [2.05, 4.69) is 207 Å². The maximum Gasteiger partial charge on any atom is 0.0881 e. The topological polar surface area (TPSA) is 3.24 Å². The van der Waals surface area contributed by atoms with Gasteiger partial charge in [0, 0.05) is 22.4 Å². The molecule has 0 heterocycles. The molecule has 0 atom stereocenters. The number of rotatable bonds is 6. The van der Waals surface area contributed by atoms with Gasteiger partial charge in [-0.15, -0.1) is 0 Å². The Balaban J connectivity index is 1.31. The van der Waals surface area contributed by atoms with Crippen molar-refractivity contribution in [1.82, 2.24) is 0 Å². The highest BCUT2D eigenvalue weighted by atomic mass is 15.2. The molecule has 1 nitrogen and oxygen atoms in total. The average Bonchev–Trinajstić information content (AvgIpc) is 3.76. The number of benzene rings is 7. The van der Waals surface area contributed by atoms with E-state index in [4.69, 9.17) is 0 Å². The molecule has 1 spiro atoms. The van der Waals surface area contributed by atoms with Gasteiger partial charge in [0.15, 0.2) is 0 Å². The minimum absolute atomic E-state index is 0.145. The number of fused-ring (bicyclic) bond motifs is 10. The Bertz CT molecular complexity index is 2610. The summed E-state index contributed by atoms with van der Waals surface area (Å²) in [5, 5.41) is 0. The maximum atomic E-state index is 4.12. The molecule has 0 saturated carbocycles. The van der Waals surface area contributed by atoms with Gasteiger partial charge in [-0.05, 0) is 91.0 Å². The van der Waals surface area contributed by atoms with Gasteiger partial charge in [-0.2, -0.15) is 0 Å². The summed E-state index contributed by atoms with van der Waals surface area (Å²) < 4.78 is 0. The van der Waals surface area contributed by atoms with Gasteiger partial charge in [0.1, 0.15) is 0 Å². The second kappa shape index (κ2) is 11.8. The van der Waals surface area contributed by atoms with Gasteiger partial charge in [-0.1, -0.05) is 184 Å². The van der Waals surface area contributed by atoms with E-state index < -0.39 is 5.41 Å². The van der Waals surface area contributed by atoms with Gasteiger partial charge in [0.05, 0.1) is 11.1 Å². The van der Waals surface area contributed by atoms with Crippen LogP contribution in [-0.4, -0.2) is 0 Å². The highest BCUT2D eigenvalue weighted by molar-refractivity contribution is 6.00. The second-order valence-corrected chi connectivity index (χ2v) is 14.9. The fourth-order valence-corrected chi connectivity index (χ4v) is 9.58. The lowest BCUT2D eigenvalue weighted by Gasteiger charge is -2.40. The number of hydrogen-bond acceptors (Lipinski definition) is 1. The van der Waals surface area contributed by atoms with Crippen LogP contribution in [0.4, 0.5) is 11.4 Å². The Morgan fingerprint density at radius 2 is 0.925 bits per heavy atom. The molecule has 53 heavy (non-hydrogen) atoms. The summed E-state index contributed by atoms with van der Waals surface area (Å²) in [5.74, 6) is 0. The van der Waals surface area contributed by atoms with Crippen molar-refractivity contribution in [3.63, 3.8) is 0 Å². The lowest BCUT2D eigenvalue weighted by atomic mass is 9.71. The maximum absolute atomic E-state index is 4.12. The summed E-state index contributed by atoms with van der Waals surface area (Å²) in [6.07, 6.45) is 6.26. The molecule has 1 heteroatoms. The van der Waals surface area contributed by atoms with Crippen molar-refractivity contribution >= 4 is 16.9 Å². The summed E-state index contributed by atoms with van der Waals surface area (Å²) in [7, 11) is 0. The van der Waals surface area contributed by atoms with E-state index in [0.29, 0.717) is 0 Å². The summed E-state index contributed by atoms with van der Waals surface area (Å²) in [4.78, 5) is 2.57. The SMILES string of the molecule is C=C/C=C\C1=C(N(c2ccc(-c3ccccc3)cc2)c2ccc3c(c2)C(C)(C)c2ccccc2-3)C2(c3ccccc31)c1ccccc1-c1ccccc12. The van der Waals surface area contributed by atoms with E-state index in [1.54, 1.807) is 0 Å². The zero-order chi connectivity index (χ0) is 35.7. The first-order chi connectivity index (χ1) is 26.0. The van der Waals surface area contributed by atoms with Crippen LogP contribution in [-0.2, 0) is 10.8 Å². The summed E-state index contributed by atoms with van der Waals surface area (Å²) >= 11 is 0. The van der Waals surface area contributed by atoms with Gasteiger partial charge in [-0.3, -0.25) is 0 Å². The lowest BCUT2D eigenvalue weighted by Crippen LogP contribution is -2.36. The quantitative estimate of drug-likeness (QED) is 0.158. The first-order valence-corrected chi connectivity index (χ1v) is 18.6. The van der Waals surface area contributed by atoms with Crippen molar-refractivity contribution in [1.29, 1.82) is 0 Å². The van der Waals surface area contributed by atoms with Crippen LogP contribution in [0.15, 0.2) is 200 Å². The van der Waals surface area contributed by atoms with Crippen LogP contribution < -0.4 is 4.90 Å². The van der Waals surface area contributed by atoms with Crippen molar-refractivity contribution in [3.05, 3.63) is 234 Å². The molecule has 0 N–H and O–H groups in total. The summed E-state index contributed by atoms with van der Waals surface area (Å²) in [6, 6.07) is 63.0. The molecule has 3 aliphatic rings. The molecular weight excluding hydrogens is 639 g/mol. The Morgan fingerprint density at radius 3 is 1.55 bits per heavy atom. The van der Waals surface area contributed by atoms with E-state index in [0.717, 1.165) is 11.4 Å². The van der Waals surface area contributed by atoms with Crippen LogP contribution >= 0.6 is 0 Å². The van der Waals surface area contributed by atoms with Crippen LogP contribution in [0, 0.1) is 0 Å². The predicted octanol–water partition coefficient (Wildman–Crippen LogP) is 13.3. The lowest BCUT2D eigenvalue weighted by molar-refractivity contribution is 0.660. The smallest absolute Gasteiger partial charge is 0.0881 e. The fraction of sp³-hybridized carbons (Fsp3) is 0.0769. The molecule has 7 aromatic carbocycles. The third-order valence-corrected chi connectivity index (χ3v) is 11.9. The molecule has 0 unspecified atom stereocenters. The van der Waals surface area contributed by atoms with Gasteiger partial charge in [0.2, 0.25) is 0 Å². The Labute approximate surface area is 312 Å². The van der Waals surface area contributed by atoms with Crippen molar-refractivity contribution in [2.75, 3.05) is 4.90 Å². The number of hydrogen-bond donors (Lipinski definition) is 0. The van der Waals surface area contributed by atoms with Gasteiger partial charge in [0.25, 0.3) is 0 Å². The summed E-state index contributed by atoms with van der Waals surface area (Å²) in [6.45, 7) is 8.85. The number of allylic oxidation sites excluding steroid dienone is 5. The Hall–Kier alpha value is -6.44. The van der Waals surface area contributed by atoms with Crippen LogP contribution in [0.3, 0.4) is 0 Å². The predicted molar refractivity (Wildman–Crippen MR) is 222 cm³/mol. The van der Waals surface area contributed by atoms with E-state index in [1.165, 1.54) is 78.0 Å². The molecule has 7 aromatic rings. The molecule has 252 valence electrons. The fourth-order valence-electron chi connectivity index (χ4n) is 9.58. The largest absolute Gasteiger partial charge is 0.312 e. The van der Waals surface area contributed by atoms with E-state index in [1.807, 2.05) is 6.08 Å². The normalized spacial score (nSPS) is 15.2. The van der Waals surface area contributed by atoms with Crippen LogP contribution in [0.2, 0.25) is 0 Å². The van der Waals surface area contributed by atoms with Crippen LogP contribution in [0.1, 0.15) is 47.2 Å². The minimum atomic E-state index is -0.569. The third kappa shape index (κ3) is 4.38. The monoisotopic (exact) mass is 677 g/mol. The van der Waals surface area contributed by atoms with E-state index >= 15 is 0 Å². The van der Waals surface area contributed by atoms with Crippen LogP contribution in [0.25, 0.3) is 39.0 Å². The highest BCUT2D eigenvalue weighted by Crippen LogP contribution is 2.64. The molecule has 3 aliphatic carbocycles. The molecule has 0 aromatic heterocycles. The number of nitrogens with zero attached hydrogens (tertiary/aromatic N) is 1. The molecular formula is C52H39N.